The van der Waals surface area contributed by atoms with Crippen molar-refractivity contribution in [2.45, 2.75) is 50.1 Å². The highest BCUT2D eigenvalue weighted by Crippen LogP contribution is 2.50. The van der Waals surface area contributed by atoms with Crippen LogP contribution < -0.4 is 0 Å². The maximum Gasteiger partial charge on any atom is 0.231 e. The van der Waals surface area contributed by atoms with Crippen LogP contribution in [0.3, 0.4) is 0 Å². The summed E-state index contributed by atoms with van der Waals surface area (Å²) in [6.07, 6.45) is 3.43. The Labute approximate surface area is 129 Å². The summed E-state index contributed by atoms with van der Waals surface area (Å²) >= 11 is 0. The first kappa shape index (κ1) is 13.9. The van der Waals surface area contributed by atoms with Gasteiger partial charge in [-0.15, -0.1) is 0 Å². The maximum atomic E-state index is 13.3. The maximum absolute atomic E-state index is 13.3. The van der Waals surface area contributed by atoms with Gasteiger partial charge in [0, 0.05) is 12.1 Å². The molecule has 4 atom stereocenters. The number of benzene rings is 1. The highest BCUT2D eigenvalue weighted by molar-refractivity contribution is 5.27. The number of nitrogens with zero attached hydrogens (tertiary/aromatic N) is 3. The van der Waals surface area contributed by atoms with Gasteiger partial charge in [-0.1, -0.05) is 17.3 Å². The number of rotatable bonds is 2. The number of hydrogen-bond acceptors (Lipinski definition) is 4. The molecule has 1 aromatic heterocycles. The Balaban J connectivity index is 1.76. The molecule has 1 aromatic carbocycles. The second kappa shape index (κ2) is 5.16. The van der Waals surface area contributed by atoms with Crippen LogP contribution in [-0.4, -0.2) is 34.2 Å². The van der Waals surface area contributed by atoms with Gasteiger partial charge in [0.1, 0.15) is 5.82 Å². The number of halogens is 1. The van der Waals surface area contributed by atoms with Crippen LogP contribution in [0.2, 0.25) is 0 Å². The Kier molecular flexibility index (Phi) is 3.26. The molecule has 0 amide bonds. The first-order valence-corrected chi connectivity index (χ1v) is 7.91. The summed E-state index contributed by atoms with van der Waals surface area (Å²) in [5.74, 6) is 1.72. The van der Waals surface area contributed by atoms with Crippen molar-refractivity contribution in [1.29, 1.82) is 0 Å². The van der Waals surface area contributed by atoms with Gasteiger partial charge in [0.15, 0.2) is 5.82 Å². The second-order valence-corrected chi connectivity index (χ2v) is 6.56. The molecular weight excluding hydrogens is 281 g/mol. The molecule has 2 aliphatic heterocycles. The van der Waals surface area contributed by atoms with Crippen LogP contribution in [0.5, 0.6) is 0 Å². The first-order chi connectivity index (χ1) is 10.6. The van der Waals surface area contributed by atoms with Crippen molar-refractivity contribution >= 4 is 0 Å². The van der Waals surface area contributed by atoms with Crippen molar-refractivity contribution < 1.29 is 8.91 Å². The Hall–Kier alpha value is -1.75. The minimum absolute atomic E-state index is 0.190. The zero-order valence-electron chi connectivity index (χ0n) is 12.9. The van der Waals surface area contributed by atoms with Gasteiger partial charge in [-0.3, -0.25) is 4.90 Å². The third-order valence-electron chi connectivity index (χ3n) is 5.40. The summed E-state index contributed by atoms with van der Waals surface area (Å²) in [6.45, 7) is 1.85. The van der Waals surface area contributed by atoms with E-state index < -0.39 is 0 Å². The molecule has 0 spiro atoms. The lowest BCUT2D eigenvalue weighted by atomic mass is 9.76. The van der Waals surface area contributed by atoms with Gasteiger partial charge in [-0.05, 0) is 56.8 Å². The van der Waals surface area contributed by atoms with Gasteiger partial charge >= 0.3 is 0 Å². The monoisotopic (exact) mass is 301 g/mol. The highest BCUT2D eigenvalue weighted by atomic mass is 19.1. The lowest BCUT2D eigenvalue weighted by Crippen LogP contribution is -2.44. The highest BCUT2D eigenvalue weighted by Gasteiger charge is 2.48. The van der Waals surface area contributed by atoms with Crippen molar-refractivity contribution in [3.05, 3.63) is 47.4 Å². The SMILES string of the molecule is Cc1noc(C2C3CC[C@H](C[C@H]2c2ccc(F)cc2)N3C)n1. The van der Waals surface area contributed by atoms with Crippen LogP contribution in [0.25, 0.3) is 0 Å². The lowest BCUT2D eigenvalue weighted by Gasteiger charge is -2.41. The quantitative estimate of drug-likeness (QED) is 0.854. The van der Waals surface area contributed by atoms with Gasteiger partial charge in [0.2, 0.25) is 5.89 Å². The molecule has 5 heteroatoms. The lowest BCUT2D eigenvalue weighted by molar-refractivity contribution is 0.120. The fraction of sp³-hybridized carbons (Fsp3) is 0.529. The number of aryl methyl sites for hydroxylation is 1. The molecule has 0 N–H and O–H groups in total. The number of fused-ring (bicyclic) bond motifs is 2. The number of likely N-dealkylation sites (N-methyl/N-ethyl adjacent to an activating group) is 1. The fourth-order valence-electron chi connectivity index (χ4n) is 4.30. The van der Waals surface area contributed by atoms with Crippen LogP contribution in [-0.2, 0) is 0 Å². The Morgan fingerprint density at radius 1 is 1.23 bits per heavy atom. The number of piperidine rings is 1. The predicted molar refractivity (Wildman–Crippen MR) is 80.1 cm³/mol. The first-order valence-electron chi connectivity index (χ1n) is 7.91. The van der Waals surface area contributed by atoms with Crippen molar-refractivity contribution in [2.75, 3.05) is 7.05 Å². The van der Waals surface area contributed by atoms with E-state index in [4.69, 9.17) is 4.52 Å². The summed E-state index contributed by atoms with van der Waals surface area (Å²) in [5, 5.41) is 3.98. The van der Waals surface area contributed by atoms with E-state index in [0.717, 1.165) is 18.7 Å². The predicted octanol–water partition coefficient (Wildman–Crippen LogP) is 3.25. The molecule has 2 unspecified atom stereocenters. The van der Waals surface area contributed by atoms with E-state index in [1.165, 1.54) is 12.0 Å². The molecule has 2 saturated heterocycles. The third kappa shape index (κ3) is 2.15. The smallest absolute Gasteiger partial charge is 0.231 e. The minimum atomic E-state index is -0.190. The van der Waals surface area contributed by atoms with E-state index in [-0.39, 0.29) is 11.7 Å². The van der Waals surface area contributed by atoms with Crippen molar-refractivity contribution in [1.82, 2.24) is 15.0 Å². The van der Waals surface area contributed by atoms with Gasteiger partial charge in [0.25, 0.3) is 0 Å². The molecular formula is C17H20FN3O. The normalized spacial score (nSPS) is 31.6. The van der Waals surface area contributed by atoms with Crippen LogP contribution in [0.1, 0.15) is 48.4 Å². The molecule has 0 aliphatic carbocycles. The van der Waals surface area contributed by atoms with Gasteiger partial charge in [0.05, 0.1) is 5.92 Å². The number of hydrogen-bond donors (Lipinski definition) is 0. The summed E-state index contributed by atoms with van der Waals surface area (Å²) in [5.41, 5.74) is 1.17. The zero-order chi connectivity index (χ0) is 15.3. The van der Waals surface area contributed by atoms with E-state index >= 15 is 0 Å². The van der Waals surface area contributed by atoms with E-state index in [1.54, 1.807) is 12.1 Å². The van der Waals surface area contributed by atoms with Gasteiger partial charge in [-0.2, -0.15) is 4.98 Å². The molecule has 116 valence electrons. The molecule has 22 heavy (non-hydrogen) atoms. The molecule has 2 aromatic rings. The van der Waals surface area contributed by atoms with E-state index in [1.807, 2.05) is 19.1 Å². The van der Waals surface area contributed by atoms with E-state index in [9.17, 15) is 4.39 Å². The molecule has 0 radical (unpaired) electrons. The van der Waals surface area contributed by atoms with Crippen molar-refractivity contribution in [2.24, 2.45) is 0 Å². The largest absolute Gasteiger partial charge is 0.339 e. The molecule has 0 saturated carbocycles. The zero-order valence-corrected chi connectivity index (χ0v) is 12.9. The Morgan fingerprint density at radius 2 is 2.00 bits per heavy atom. The van der Waals surface area contributed by atoms with E-state index in [2.05, 4.69) is 22.1 Å². The van der Waals surface area contributed by atoms with E-state index in [0.29, 0.717) is 23.8 Å². The summed E-state index contributed by atoms with van der Waals surface area (Å²) < 4.78 is 18.8. The Morgan fingerprint density at radius 3 is 2.68 bits per heavy atom. The van der Waals surface area contributed by atoms with Gasteiger partial charge in [-0.25, -0.2) is 4.39 Å². The average Bonchev–Trinajstić information content (AvgIpc) is 3.02. The van der Waals surface area contributed by atoms with Crippen LogP contribution in [0, 0.1) is 12.7 Å². The van der Waals surface area contributed by atoms with Crippen LogP contribution >= 0.6 is 0 Å². The average molecular weight is 301 g/mol. The molecule has 4 nitrogen and oxygen atoms in total. The Bertz CT molecular complexity index is 669. The molecule has 2 aliphatic rings. The van der Waals surface area contributed by atoms with Crippen LogP contribution in [0.15, 0.2) is 28.8 Å². The topological polar surface area (TPSA) is 42.2 Å². The molecule has 3 heterocycles. The number of aromatic nitrogens is 2. The summed E-state index contributed by atoms with van der Waals surface area (Å²) in [4.78, 5) is 6.96. The third-order valence-corrected chi connectivity index (χ3v) is 5.40. The van der Waals surface area contributed by atoms with Crippen molar-refractivity contribution in [3.8, 4) is 0 Å². The molecule has 4 rings (SSSR count). The van der Waals surface area contributed by atoms with Crippen LogP contribution in [0.4, 0.5) is 4.39 Å². The summed E-state index contributed by atoms with van der Waals surface area (Å²) in [7, 11) is 2.19. The second-order valence-electron chi connectivity index (χ2n) is 6.56. The standard InChI is InChI=1S/C17H20FN3O/c1-10-19-17(22-20-10)16-14(11-3-5-12(18)6-4-11)9-13-7-8-15(16)21(13)2/h3-6,13-16H,7-9H2,1-2H3/t13-,14+,15?,16?/m1/s1. The molecule has 2 fully saturated rings. The summed E-state index contributed by atoms with van der Waals surface area (Å²) in [6, 6.07) is 7.92. The minimum Gasteiger partial charge on any atom is -0.339 e. The molecule has 2 bridgehead atoms. The fourth-order valence-corrected chi connectivity index (χ4v) is 4.30. The van der Waals surface area contributed by atoms with Gasteiger partial charge < -0.3 is 4.52 Å². The van der Waals surface area contributed by atoms with Crippen molar-refractivity contribution in [3.63, 3.8) is 0 Å².